The maximum absolute atomic E-state index is 12.8. The number of methoxy groups -OCH3 is 1. The Balaban J connectivity index is 1.39. The summed E-state index contributed by atoms with van der Waals surface area (Å²) in [6.07, 6.45) is 5.63. The standard InChI is InChI=1S/C22H32N4O2/c1-26(21(27)22(28-2)12-14-23-15-13-22)16-8-4-7-11-19-17-20(25-24-19)18-9-5-3-6-10-18/h3,5-6,9-10,17,23H,4,7-8,11-16H2,1-2H3,(H,24,25). The molecule has 28 heavy (non-hydrogen) atoms. The number of H-pyrrole nitrogens is 1. The van der Waals surface area contributed by atoms with Gasteiger partial charge in [-0.3, -0.25) is 9.89 Å². The van der Waals surface area contributed by atoms with Crippen molar-refractivity contribution in [3.63, 3.8) is 0 Å². The summed E-state index contributed by atoms with van der Waals surface area (Å²) in [4.78, 5) is 14.7. The first-order valence-electron chi connectivity index (χ1n) is 10.3. The molecule has 6 nitrogen and oxygen atoms in total. The van der Waals surface area contributed by atoms with Gasteiger partial charge in [0.1, 0.15) is 5.60 Å². The number of aromatic amines is 1. The molecule has 0 aliphatic carbocycles. The van der Waals surface area contributed by atoms with E-state index in [-0.39, 0.29) is 5.91 Å². The number of likely N-dealkylation sites (N-methyl/N-ethyl adjacent to an activating group) is 1. The van der Waals surface area contributed by atoms with Gasteiger partial charge in [0.25, 0.3) is 5.91 Å². The number of carbonyl (C=O) groups excluding carboxylic acids is 1. The third-order valence-corrected chi connectivity index (χ3v) is 5.68. The first-order chi connectivity index (χ1) is 13.6. The van der Waals surface area contributed by atoms with Crippen LogP contribution in [-0.4, -0.2) is 60.4 Å². The van der Waals surface area contributed by atoms with E-state index in [1.54, 1.807) is 7.11 Å². The van der Waals surface area contributed by atoms with E-state index < -0.39 is 5.60 Å². The number of nitrogens with zero attached hydrogens (tertiary/aromatic N) is 2. The van der Waals surface area contributed by atoms with E-state index >= 15 is 0 Å². The van der Waals surface area contributed by atoms with Gasteiger partial charge < -0.3 is 15.0 Å². The Bertz CT molecular complexity index is 738. The van der Waals surface area contributed by atoms with Gasteiger partial charge in [-0.05, 0) is 51.3 Å². The minimum Gasteiger partial charge on any atom is -0.368 e. The highest BCUT2D eigenvalue weighted by atomic mass is 16.5. The molecule has 1 aliphatic heterocycles. The van der Waals surface area contributed by atoms with Crippen molar-refractivity contribution >= 4 is 5.91 Å². The molecule has 0 saturated carbocycles. The van der Waals surface area contributed by atoms with E-state index in [4.69, 9.17) is 4.74 Å². The summed E-state index contributed by atoms with van der Waals surface area (Å²) >= 11 is 0. The molecular weight excluding hydrogens is 352 g/mol. The number of hydrogen-bond donors (Lipinski definition) is 2. The van der Waals surface area contributed by atoms with Crippen LogP contribution in [-0.2, 0) is 16.0 Å². The molecule has 1 aromatic carbocycles. The Hall–Kier alpha value is -2.18. The van der Waals surface area contributed by atoms with E-state index in [0.717, 1.165) is 75.1 Å². The number of piperidine rings is 1. The van der Waals surface area contributed by atoms with Crippen molar-refractivity contribution in [3.05, 3.63) is 42.1 Å². The van der Waals surface area contributed by atoms with Crippen molar-refractivity contribution in [1.82, 2.24) is 20.4 Å². The van der Waals surface area contributed by atoms with Crippen molar-refractivity contribution in [2.75, 3.05) is 33.8 Å². The van der Waals surface area contributed by atoms with Crippen LogP contribution in [0.3, 0.4) is 0 Å². The molecule has 1 aromatic heterocycles. The van der Waals surface area contributed by atoms with Crippen molar-refractivity contribution in [3.8, 4) is 11.3 Å². The minimum atomic E-state index is -0.635. The van der Waals surface area contributed by atoms with Crippen molar-refractivity contribution in [2.24, 2.45) is 0 Å². The second-order valence-electron chi connectivity index (χ2n) is 7.63. The van der Waals surface area contributed by atoms with E-state index in [9.17, 15) is 4.79 Å². The maximum atomic E-state index is 12.8. The van der Waals surface area contributed by atoms with Crippen LogP contribution in [0.2, 0.25) is 0 Å². The first kappa shape index (κ1) is 20.6. The molecule has 0 spiro atoms. The molecule has 1 saturated heterocycles. The second-order valence-corrected chi connectivity index (χ2v) is 7.63. The lowest BCUT2D eigenvalue weighted by atomic mass is 9.90. The van der Waals surface area contributed by atoms with Gasteiger partial charge >= 0.3 is 0 Å². The fourth-order valence-corrected chi connectivity index (χ4v) is 3.87. The third-order valence-electron chi connectivity index (χ3n) is 5.68. The van der Waals surface area contributed by atoms with Gasteiger partial charge in [0.2, 0.25) is 0 Å². The Morgan fingerprint density at radius 1 is 1.18 bits per heavy atom. The summed E-state index contributed by atoms with van der Waals surface area (Å²) in [6.45, 7) is 2.45. The Morgan fingerprint density at radius 2 is 1.93 bits per heavy atom. The number of benzene rings is 1. The Morgan fingerprint density at radius 3 is 2.64 bits per heavy atom. The van der Waals surface area contributed by atoms with Gasteiger partial charge in [-0.2, -0.15) is 5.10 Å². The molecule has 2 heterocycles. The molecule has 1 fully saturated rings. The molecule has 6 heteroatoms. The average Bonchev–Trinajstić information content (AvgIpc) is 3.23. The number of aryl methyl sites for hydroxylation is 1. The number of nitrogens with one attached hydrogen (secondary N) is 2. The zero-order valence-electron chi connectivity index (χ0n) is 17.0. The molecule has 0 unspecified atom stereocenters. The molecule has 1 amide bonds. The van der Waals surface area contributed by atoms with Crippen molar-refractivity contribution < 1.29 is 9.53 Å². The highest BCUT2D eigenvalue weighted by Crippen LogP contribution is 2.25. The summed E-state index contributed by atoms with van der Waals surface area (Å²) in [5.41, 5.74) is 2.66. The molecule has 0 atom stereocenters. The van der Waals surface area contributed by atoms with Crippen LogP contribution in [0.1, 0.15) is 37.8 Å². The molecule has 0 bridgehead atoms. The minimum absolute atomic E-state index is 0.123. The first-order valence-corrected chi connectivity index (χ1v) is 10.3. The normalized spacial score (nSPS) is 16.1. The van der Waals surface area contributed by atoms with Crippen molar-refractivity contribution in [2.45, 2.75) is 44.1 Å². The molecule has 3 rings (SSSR count). The van der Waals surface area contributed by atoms with Gasteiger partial charge in [0.15, 0.2) is 0 Å². The van der Waals surface area contributed by atoms with Crippen LogP contribution < -0.4 is 5.32 Å². The predicted molar refractivity (Wildman–Crippen MR) is 111 cm³/mol. The molecule has 2 N–H and O–H groups in total. The van der Waals surface area contributed by atoms with Gasteiger partial charge in [-0.25, -0.2) is 0 Å². The highest BCUT2D eigenvalue weighted by Gasteiger charge is 2.41. The number of aromatic nitrogens is 2. The smallest absolute Gasteiger partial charge is 0.254 e. The number of ether oxygens (including phenoxy) is 1. The summed E-state index contributed by atoms with van der Waals surface area (Å²) in [5.74, 6) is 0.123. The van der Waals surface area contributed by atoms with Gasteiger partial charge in [-0.15, -0.1) is 0 Å². The number of carbonyl (C=O) groups is 1. The lowest BCUT2D eigenvalue weighted by molar-refractivity contribution is -0.157. The summed E-state index contributed by atoms with van der Waals surface area (Å²) in [5, 5.41) is 10.8. The lowest BCUT2D eigenvalue weighted by Crippen LogP contribution is -2.54. The summed E-state index contributed by atoms with van der Waals surface area (Å²) < 4.78 is 5.64. The monoisotopic (exact) mass is 384 g/mol. The molecule has 0 radical (unpaired) electrons. The second kappa shape index (κ2) is 9.85. The molecule has 2 aromatic rings. The Labute approximate surface area is 167 Å². The summed E-state index contributed by atoms with van der Waals surface area (Å²) in [6, 6.07) is 12.3. The van der Waals surface area contributed by atoms with Crippen LogP contribution in [0.25, 0.3) is 11.3 Å². The zero-order valence-corrected chi connectivity index (χ0v) is 17.0. The lowest BCUT2D eigenvalue weighted by Gasteiger charge is -2.37. The average molecular weight is 385 g/mol. The highest BCUT2D eigenvalue weighted by molar-refractivity contribution is 5.85. The maximum Gasteiger partial charge on any atom is 0.254 e. The van der Waals surface area contributed by atoms with Crippen LogP contribution in [0, 0.1) is 0 Å². The molecular formula is C22H32N4O2. The summed E-state index contributed by atoms with van der Waals surface area (Å²) in [7, 11) is 3.55. The van der Waals surface area contributed by atoms with Gasteiger partial charge in [-0.1, -0.05) is 36.8 Å². The Kier molecular flexibility index (Phi) is 7.23. The predicted octanol–water partition coefficient (Wildman–Crippen LogP) is 3.02. The van der Waals surface area contributed by atoms with Crippen LogP contribution in [0.15, 0.2) is 36.4 Å². The van der Waals surface area contributed by atoms with Crippen LogP contribution in [0.5, 0.6) is 0 Å². The molecule has 1 aliphatic rings. The van der Waals surface area contributed by atoms with Gasteiger partial charge in [0, 0.05) is 32.0 Å². The van der Waals surface area contributed by atoms with E-state index in [2.05, 4.69) is 33.7 Å². The van der Waals surface area contributed by atoms with E-state index in [1.165, 1.54) is 0 Å². The zero-order chi connectivity index (χ0) is 19.8. The van der Waals surface area contributed by atoms with Crippen LogP contribution >= 0.6 is 0 Å². The van der Waals surface area contributed by atoms with Gasteiger partial charge in [0.05, 0.1) is 5.69 Å². The number of rotatable bonds is 9. The number of hydrogen-bond acceptors (Lipinski definition) is 4. The molecule has 152 valence electrons. The van der Waals surface area contributed by atoms with E-state index in [1.807, 2.05) is 30.1 Å². The topological polar surface area (TPSA) is 70.2 Å². The quantitative estimate of drug-likeness (QED) is 0.652. The SMILES string of the molecule is COC1(C(=O)N(C)CCCCCc2cc(-c3ccccc3)n[nH]2)CCNCC1. The number of unbranched alkanes of at least 4 members (excludes halogenated alkanes) is 2. The third kappa shape index (κ3) is 5.00. The van der Waals surface area contributed by atoms with Crippen LogP contribution in [0.4, 0.5) is 0 Å². The fourth-order valence-electron chi connectivity index (χ4n) is 3.87. The number of amides is 1. The fraction of sp³-hybridized carbons (Fsp3) is 0.545. The largest absolute Gasteiger partial charge is 0.368 e. The van der Waals surface area contributed by atoms with E-state index in [0.29, 0.717) is 0 Å². The van der Waals surface area contributed by atoms with Crippen molar-refractivity contribution in [1.29, 1.82) is 0 Å².